The molecule has 2 heterocycles. The summed E-state index contributed by atoms with van der Waals surface area (Å²) in [6, 6.07) is 3.28. The van der Waals surface area contributed by atoms with Crippen LogP contribution >= 0.6 is 0 Å². The molecule has 0 bridgehead atoms. The molecule has 2 amide bonds. The largest absolute Gasteiger partial charge is 0.481 e. The molecule has 1 atom stereocenters. The average molecular weight is 293 g/mol. The molecular formula is C14H19N3O4. The lowest BCUT2D eigenvalue weighted by molar-refractivity contribution is -0.146. The van der Waals surface area contributed by atoms with E-state index in [0.29, 0.717) is 25.4 Å². The number of pyridine rings is 1. The first-order chi connectivity index (χ1) is 9.94. The molecule has 1 fully saturated rings. The Hall–Kier alpha value is -2.31. The Kier molecular flexibility index (Phi) is 4.30. The number of carbonyl (C=O) groups excluding carboxylic acids is 1. The van der Waals surface area contributed by atoms with Gasteiger partial charge in [-0.15, -0.1) is 0 Å². The molecule has 0 aromatic carbocycles. The first kappa shape index (κ1) is 15.1. The van der Waals surface area contributed by atoms with Crippen LogP contribution < -0.4 is 10.1 Å². The summed E-state index contributed by atoms with van der Waals surface area (Å²) in [5.74, 6) is -0.348. The van der Waals surface area contributed by atoms with Gasteiger partial charge in [0.25, 0.3) is 0 Å². The molecule has 21 heavy (non-hydrogen) atoms. The highest BCUT2D eigenvalue weighted by Gasteiger charge is 2.42. The second-order valence-electron chi connectivity index (χ2n) is 5.40. The number of nitrogens with zero attached hydrogens (tertiary/aromatic N) is 2. The molecule has 0 spiro atoms. The Morgan fingerprint density at radius 1 is 1.52 bits per heavy atom. The number of hydrogen-bond acceptors (Lipinski definition) is 4. The summed E-state index contributed by atoms with van der Waals surface area (Å²) in [5, 5.41) is 11.9. The average Bonchev–Trinajstić information content (AvgIpc) is 2.89. The van der Waals surface area contributed by atoms with Crippen molar-refractivity contribution < 1.29 is 19.4 Å². The second-order valence-corrected chi connectivity index (χ2v) is 5.40. The van der Waals surface area contributed by atoms with Gasteiger partial charge in [-0.3, -0.25) is 4.79 Å². The van der Waals surface area contributed by atoms with Gasteiger partial charge in [0.2, 0.25) is 5.88 Å². The number of carboxylic acids is 1. The quantitative estimate of drug-likeness (QED) is 0.867. The Balaban J connectivity index is 1.86. The van der Waals surface area contributed by atoms with Gasteiger partial charge >= 0.3 is 12.0 Å². The van der Waals surface area contributed by atoms with Crippen molar-refractivity contribution in [2.75, 3.05) is 20.2 Å². The Morgan fingerprint density at radius 3 is 2.81 bits per heavy atom. The number of aliphatic carboxylic acids is 1. The molecule has 1 unspecified atom stereocenters. The number of carboxylic acid groups (broad SMARTS) is 1. The standard InChI is InChI=1S/C14H19N3O4/c1-14(12(18)19)5-6-17(9-14)13(20)16-8-10-3-4-11(21-2)15-7-10/h3-4,7H,5-6,8-9H2,1-2H3,(H,16,20)(H,18,19). The summed E-state index contributed by atoms with van der Waals surface area (Å²) in [7, 11) is 1.54. The van der Waals surface area contributed by atoms with Crippen LogP contribution in [-0.4, -0.2) is 47.2 Å². The minimum Gasteiger partial charge on any atom is -0.481 e. The third kappa shape index (κ3) is 3.42. The summed E-state index contributed by atoms with van der Waals surface area (Å²) in [6.07, 6.45) is 2.10. The predicted octanol–water partition coefficient (Wildman–Crippen LogP) is 1.10. The lowest BCUT2D eigenvalue weighted by Crippen LogP contribution is -2.40. The first-order valence-electron chi connectivity index (χ1n) is 6.70. The van der Waals surface area contributed by atoms with E-state index in [2.05, 4.69) is 10.3 Å². The second kappa shape index (κ2) is 5.99. The molecular weight excluding hydrogens is 274 g/mol. The van der Waals surface area contributed by atoms with Crippen molar-refractivity contribution in [2.45, 2.75) is 19.9 Å². The van der Waals surface area contributed by atoms with Crippen LogP contribution in [-0.2, 0) is 11.3 Å². The maximum Gasteiger partial charge on any atom is 0.317 e. The number of carbonyl (C=O) groups is 2. The fourth-order valence-corrected chi connectivity index (χ4v) is 2.23. The predicted molar refractivity (Wildman–Crippen MR) is 75.0 cm³/mol. The molecule has 0 aliphatic carbocycles. The summed E-state index contributed by atoms with van der Waals surface area (Å²) in [4.78, 5) is 28.8. The minimum absolute atomic E-state index is 0.231. The van der Waals surface area contributed by atoms with Gasteiger partial charge < -0.3 is 20.1 Å². The van der Waals surface area contributed by atoms with E-state index in [0.717, 1.165) is 5.56 Å². The van der Waals surface area contributed by atoms with E-state index in [9.17, 15) is 9.59 Å². The number of ether oxygens (including phenoxy) is 1. The summed E-state index contributed by atoms with van der Waals surface area (Å²) < 4.78 is 4.96. The first-order valence-corrected chi connectivity index (χ1v) is 6.70. The number of rotatable bonds is 4. The van der Waals surface area contributed by atoms with E-state index in [1.807, 2.05) is 6.07 Å². The number of hydrogen-bond donors (Lipinski definition) is 2. The molecule has 7 heteroatoms. The molecule has 2 rings (SSSR count). The molecule has 7 nitrogen and oxygen atoms in total. The van der Waals surface area contributed by atoms with Crippen molar-refractivity contribution in [2.24, 2.45) is 5.41 Å². The van der Waals surface area contributed by atoms with E-state index in [-0.39, 0.29) is 12.6 Å². The van der Waals surface area contributed by atoms with Crippen molar-refractivity contribution in [3.63, 3.8) is 0 Å². The molecule has 1 saturated heterocycles. The zero-order valence-electron chi connectivity index (χ0n) is 12.1. The maximum absolute atomic E-state index is 12.0. The highest BCUT2D eigenvalue weighted by Crippen LogP contribution is 2.29. The van der Waals surface area contributed by atoms with Gasteiger partial charge in [-0.05, 0) is 18.9 Å². The Labute approximate surface area is 122 Å². The normalized spacial score (nSPS) is 21.1. The SMILES string of the molecule is COc1ccc(CNC(=O)N2CCC(C)(C(=O)O)C2)cn1. The van der Waals surface area contributed by atoms with Crippen molar-refractivity contribution >= 4 is 12.0 Å². The number of nitrogens with one attached hydrogen (secondary N) is 1. The van der Waals surface area contributed by atoms with Gasteiger partial charge in [-0.25, -0.2) is 9.78 Å². The number of likely N-dealkylation sites (tertiary alicyclic amines) is 1. The van der Waals surface area contributed by atoms with E-state index >= 15 is 0 Å². The van der Waals surface area contributed by atoms with Crippen LogP contribution in [0.5, 0.6) is 5.88 Å². The van der Waals surface area contributed by atoms with Gasteiger partial charge in [-0.2, -0.15) is 0 Å². The molecule has 1 aromatic heterocycles. The number of aromatic nitrogens is 1. The number of urea groups is 1. The van der Waals surface area contributed by atoms with Crippen molar-refractivity contribution in [3.05, 3.63) is 23.9 Å². The topological polar surface area (TPSA) is 91.8 Å². The van der Waals surface area contributed by atoms with Crippen LogP contribution in [0.3, 0.4) is 0 Å². The molecule has 0 radical (unpaired) electrons. The summed E-state index contributed by atoms with van der Waals surface area (Å²) in [6.45, 7) is 2.69. The highest BCUT2D eigenvalue weighted by atomic mass is 16.5. The highest BCUT2D eigenvalue weighted by molar-refractivity contribution is 5.79. The van der Waals surface area contributed by atoms with Crippen molar-refractivity contribution in [1.82, 2.24) is 15.2 Å². The van der Waals surface area contributed by atoms with Gasteiger partial charge in [0.05, 0.1) is 12.5 Å². The zero-order valence-corrected chi connectivity index (χ0v) is 12.1. The van der Waals surface area contributed by atoms with E-state index < -0.39 is 11.4 Å². The fraction of sp³-hybridized carbons (Fsp3) is 0.500. The van der Waals surface area contributed by atoms with Crippen LogP contribution in [0.25, 0.3) is 0 Å². The van der Waals surface area contributed by atoms with Gasteiger partial charge in [-0.1, -0.05) is 6.07 Å². The monoisotopic (exact) mass is 293 g/mol. The van der Waals surface area contributed by atoms with E-state index in [1.165, 1.54) is 12.0 Å². The van der Waals surface area contributed by atoms with Crippen LogP contribution in [0.15, 0.2) is 18.3 Å². The smallest absolute Gasteiger partial charge is 0.317 e. The molecule has 1 aromatic rings. The van der Waals surface area contributed by atoms with Crippen LogP contribution in [0.4, 0.5) is 4.79 Å². The number of methoxy groups -OCH3 is 1. The lowest BCUT2D eigenvalue weighted by atomic mass is 9.90. The third-order valence-corrected chi connectivity index (χ3v) is 3.73. The Morgan fingerprint density at radius 2 is 2.29 bits per heavy atom. The summed E-state index contributed by atoms with van der Waals surface area (Å²) >= 11 is 0. The fourth-order valence-electron chi connectivity index (χ4n) is 2.23. The zero-order chi connectivity index (χ0) is 15.5. The van der Waals surface area contributed by atoms with E-state index in [1.54, 1.807) is 19.2 Å². The van der Waals surface area contributed by atoms with Crippen LogP contribution in [0.1, 0.15) is 18.9 Å². The summed E-state index contributed by atoms with van der Waals surface area (Å²) in [5.41, 5.74) is 0.00304. The van der Waals surface area contributed by atoms with Gasteiger partial charge in [0.15, 0.2) is 0 Å². The minimum atomic E-state index is -0.864. The van der Waals surface area contributed by atoms with Gasteiger partial charge in [0.1, 0.15) is 0 Å². The van der Waals surface area contributed by atoms with Crippen molar-refractivity contribution in [3.8, 4) is 5.88 Å². The van der Waals surface area contributed by atoms with Gasteiger partial charge in [0, 0.05) is 31.9 Å². The van der Waals surface area contributed by atoms with Crippen LogP contribution in [0, 0.1) is 5.41 Å². The molecule has 114 valence electrons. The maximum atomic E-state index is 12.0. The van der Waals surface area contributed by atoms with Crippen molar-refractivity contribution in [1.29, 1.82) is 0 Å². The van der Waals surface area contributed by atoms with Crippen LogP contribution in [0.2, 0.25) is 0 Å². The van der Waals surface area contributed by atoms with E-state index in [4.69, 9.17) is 9.84 Å². The molecule has 2 N–H and O–H groups in total. The molecule has 1 aliphatic heterocycles. The number of amides is 2. The lowest BCUT2D eigenvalue weighted by Gasteiger charge is -2.20. The third-order valence-electron chi connectivity index (χ3n) is 3.73. The molecule has 0 saturated carbocycles. The molecule has 1 aliphatic rings. The Bertz CT molecular complexity index is 532.